The lowest BCUT2D eigenvalue weighted by atomic mass is 10.3. The molecule has 1 aromatic carbocycles. The first-order valence-corrected chi connectivity index (χ1v) is 8.00. The average molecular weight is 315 g/mol. The Morgan fingerprint density at radius 3 is 2.60 bits per heavy atom. The third-order valence-electron chi connectivity index (χ3n) is 3.07. The zero-order valence-electron chi connectivity index (χ0n) is 10.8. The second-order valence-corrected chi connectivity index (χ2v) is 6.76. The van der Waals surface area contributed by atoms with Crippen molar-refractivity contribution in [3.8, 4) is 0 Å². The van der Waals surface area contributed by atoms with Crippen LogP contribution in [0.5, 0.6) is 0 Å². The largest absolute Gasteiger partial charge is 0.322 e. The van der Waals surface area contributed by atoms with E-state index in [2.05, 4.69) is 11.9 Å². The Bertz CT molecular complexity index is 637. The molecule has 0 spiro atoms. The molecule has 1 aromatic rings. The molecule has 1 heterocycles. The van der Waals surface area contributed by atoms with Crippen LogP contribution in [0, 0.1) is 0 Å². The summed E-state index contributed by atoms with van der Waals surface area (Å²) in [7, 11) is -3.61. The van der Waals surface area contributed by atoms with Gasteiger partial charge in [0.15, 0.2) is 0 Å². The molecule has 0 saturated carbocycles. The summed E-state index contributed by atoms with van der Waals surface area (Å²) >= 11 is 5.99. The van der Waals surface area contributed by atoms with Crippen LogP contribution < -0.4 is 5.32 Å². The molecule has 7 heteroatoms. The third-order valence-corrected chi connectivity index (χ3v) is 5.45. The zero-order valence-corrected chi connectivity index (χ0v) is 12.4. The van der Waals surface area contributed by atoms with Crippen molar-refractivity contribution in [2.24, 2.45) is 0 Å². The molecular formula is C13H15ClN2O3S. The summed E-state index contributed by atoms with van der Waals surface area (Å²) in [5, 5.41) is 2.67. The van der Waals surface area contributed by atoms with Gasteiger partial charge in [0.2, 0.25) is 15.9 Å². The molecule has 1 N–H and O–H groups in total. The maximum atomic E-state index is 12.5. The molecule has 0 atom stereocenters. The van der Waals surface area contributed by atoms with Gasteiger partial charge < -0.3 is 5.32 Å². The predicted molar refractivity (Wildman–Crippen MR) is 78.3 cm³/mol. The Morgan fingerprint density at radius 1 is 1.35 bits per heavy atom. The lowest BCUT2D eigenvalue weighted by molar-refractivity contribution is -0.111. The van der Waals surface area contributed by atoms with E-state index in [1.807, 2.05) is 0 Å². The van der Waals surface area contributed by atoms with Crippen molar-refractivity contribution >= 4 is 33.2 Å². The van der Waals surface area contributed by atoms with Crippen molar-refractivity contribution in [2.45, 2.75) is 17.7 Å². The summed E-state index contributed by atoms with van der Waals surface area (Å²) in [6, 6.07) is 4.38. The molecule has 1 fully saturated rings. The van der Waals surface area contributed by atoms with Crippen molar-refractivity contribution in [1.82, 2.24) is 4.31 Å². The summed E-state index contributed by atoms with van der Waals surface area (Å²) < 4.78 is 26.4. The first-order chi connectivity index (χ1) is 9.45. The van der Waals surface area contributed by atoms with Gasteiger partial charge >= 0.3 is 0 Å². The van der Waals surface area contributed by atoms with Crippen LogP contribution in [-0.4, -0.2) is 31.7 Å². The number of carbonyl (C=O) groups is 1. The van der Waals surface area contributed by atoms with E-state index in [1.165, 1.54) is 16.4 Å². The number of benzene rings is 1. The number of rotatable bonds is 4. The molecule has 2 rings (SSSR count). The maximum Gasteiger partial charge on any atom is 0.247 e. The van der Waals surface area contributed by atoms with Gasteiger partial charge in [0.1, 0.15) is 4.90 Å². The molecule has 0 aliphatic carbocycles. The van der Waals surface area contributed by atoms with Gasteiger partial charge in [0, 0.05) is 18.8 Å². The van der Waals surface area contributed by atoms with Crippen LogP contribution in [0.4, 0.5) is 5.69 Å². The normalized spacial score (nSPS) is 16.1. The van der Waals surface area contributed by atoms with E-state index in [0.29, 0.717) is 18.8 Å². The second kappa shape index (κ2) is 5.95. The van der Waals surface area contributed by atoms with Crippen LogP contribution in [0.3, 0.4) is 0 Å². The molecule has 5 nitrogen and oxygen atoms in total. The molecule has 20 heavy (non-hydrogen) atoms. The molecule has 0 aromatic heterocycles. The van der Waals surface area contributed by atoms with E-state index in [4.69, 9.17) is 11.6 Å². The molecule has 1 amide bonds. The van der Waals surface area contributed by atoms with Gasteiger partial charge in [-0.2, -0.15) is 4.31 Å². The minimum absolute atomic E-state index is 0.0166. The highest BCUT2D eigenvalue weighted by Gasteiger charge is 2.29. The maximum absolute atomic E-state index is 12.5. The molecule has 1 aliphatic heterocycles. The summed E-state index contributed by atoms with van der Waals surface area (Å²) in [6.45, 7) is 4.35. The highest BCUT2D eigenvalue weighted by Crippen LogP contribution is 2.29. The average Bonchev–Trinajstić information content (AvgIpc) is 2.95. The van der Waals surface area contributed by atoms with Crippen LogP contribution in [0.25, 0.3) is 0 Å². The molecular weight excluding hydrogens is 300 g/mol. The van der Waals surface area contributed by atoms with Gasteiger partial charge in [-0.15, -0.1) is 0 Å². The van der Waals surface area contributed by atoms with Gasteiger partial charge in [-0.05, 0) is 37.1 Å². The first kappa shape index (κ1) is 15.0. The molecule has 0 unspecified atom stereocenters. The number of carbonyl (C=O) groups excluding carboxylic acids is 1. The number of halogens is 1. The van der Waals surface area contributed by atoms with Crippen molar-refractivity contribution in [2.75, 3.05) is 18.4 Å². The van der Waals surface area contributed by atoms with Crippen LogP contribution in [-0.2, 0) is 14.8 Å². The topological polar surface area (TPSA) is 66.5 Å². The number of anilines is 1. The fourth-order valence-electron chi connectivity index (χ4n) is 2.04. The summed E-state index contributed by atoms with van der Waals surface area (Å²) in [6.07, 6.45) is 2.82. The Kier molecular flexibility index (Phi) is 4.47. The number of nitrogens with one attached hydrogen (secondary N) is 1. The van der Waals surface area contributed by atoms with Gasteiger partial charge in [0.05, 0.1) is 5.02 Å². The van der Waals surface area contributed by atoms with Crippen molar-refractivity contribution in [1.29, 1.82) is 0 Å². The number of hydrogen-bond donors (Lipinski definition) is 1. The highest BCUT2D eigenvalue weighted by molar-refractivity contribution is 7.89. The highest BCUT2D eigenvalue weighted by atomic mass is 35.5. The Hall–Kier alpha value is -1.37. The summed E-state index contributed by atoms with van der Waals surface area (Å²) in [4.78, 5) is 11.3. The Morgan fingerprint density at radius 2 is 2.00 bits per heavy atom. The Balaban J connectivity index is 2.37. The van der Waals surface area contributed by atoms with E-state index in [1.54, 1.807) is 6.07 Å². The first-order valence-electron chi connectivity index (χ1n) is 6.18. The molecule has 0 bridgehead atoms. The van der Waals surface area contributed by atoms with Crippen LogP contribution in [0.2, 0.25) is 5.02 Å². The second-order valence-electron chi connectivity index (χ2n) is 4.45. The predicted octanol–water partition coefficient (Wildman–Crippen LogP) is 2.25. The lowest BCUT2D eigenvalue weighted by Crippen LogP contribution is -2.28. The number of hydrogen-bond acceptors (Lipinski definition) is 3. The van der Waals surface area contributed by atoms with Gasteiger partial charge in [-0.3, -0.25) is 4.79 Å². The number of sulfonamides is 1. The standard InChI is InChI=1S/C13H15ClN2O3S/c1-2-13(17)15-10-5-6-11(14)12(9-10)20(18,19)16-7-3-4-8-16/h2,5-6,9H,1,3-4,7-8H2,(H,15,17). The van der Waals surface area contributed by atoms with E-state index < -0.39 is 15.9 Å². The quantitative estimate of drug-likeness (QED) is 0.867. The number of amides is 1. The summed E-state index contributed by atoms with van der Waals surface area (Å²) in [5.41, 5.74) is 0.372. The van der Waals surface area contributed by atoms with E-state index in [-0.39, 0.29) is 9.92 Å². The van der Waals surface area contributed by atoms with Crippen LogP contribution in [0.1, 0.15) is 12.8 Å². The van der Waals surface area contributed by atoms with Crippen molar-refractivity contribution < 1.29 is 13.2 Å². The summed E-state index contributed by atoms with van der Waals surface area (Å²) in [5.74, 6) is -0.406. The molecule has 1 saturated heterocycles. The number of nitrogens with zero attached hydrogens (tertiary/aromatic N) is 1. The molecule has 0 radical (unpaired) electrons. The van der Waals surface area contributed by atoms with E-state index >= 15 is 0 Å². The SMILES string of the molecule is C=CC(=O)Nc1ccc(Cl)c(S(=O)(=O)N2CCCC2)c1. The van der Waals surface area contributed by atoms with Gasteiger partial charge in [-0.25, -0.2) is 8.42 Å². The van der Waals surface area contributed by atoms with Crippen molar-refractivity contribution in [3.05, 3.63) is 35.9 Å². The van der Waals surface area contributed by atoms with Gasteiger partial charge in [0.25, 0.3) is 0 Å². The fourth-order valence-corrected chi connectivity index (χ4v) is 4.06. The van der Waals surface area contributed by atoms with Crippen molar-refractivity contribution in [3.63, 3.8) is 0 Å². The van der Waals surface area contributed by atoms with Gasteiger partial charge in [-0.1, -0.05) is 18.2 Å². The zero-order chi connectivity index (χ0) is 14.8. The minimum Gasteiger partial charge on any atom is -0.322 e. The fraction of sp³-hybridized carbons (Fsp3) is 0.308. The van der Waals surface area contributed by atoms with Crippen LogP contribution in [0.15, 0.2) is 35.7 Å². The lowest BCUT2D eigenvalue weighted by Gasteiger charge is -2.17. The Labute approximate surface area is 123 Å². The van der Waals surface area contributed by atoms with E-state index in [0.717, 1.165) is 18.9 Å². The molecule has 108 valence electrons. The minimum atomic E-state index is -3.61. The third kappa shape index (κ3) is 3.03. The smallest absolute Gasteiger partial charge is 0.247 e. The van der Waals surface area contributed by atoms with E-state index in [9.17, 15) is 13.2 Å². The molecule has 1 aliphatic rings. The van der Waals surface area contributed by atoms with Crippen LogP contribution >= 0.6 is 11.6 Å². The monoisotopic (exact) mass is 314 g/mol.